The lowest BCUT2D eigenvalue weighted by Crippen LogP contribution is -2.46. The molecule has 1 aliphatic rings. The lowest BCUT2D eigenvalue weighted by molar-refractivity contribution is 0.182. The van der Waals surface area contributed by atoms with E-state index in [2.05, 4.69) is 38.0 Å². The summed E-state index contributed by atoms with van der Waals surface area (Å²) in [4.78, 5) is 2.58. The van der Waals surface area contributed by atoms with Gasteiger partial charge in [-0.1, -0.05) is 33.6 Å². The van der Waals surface area contributed by atoms with Gasteiger partial charge < -0.3 is 10.2 Å². The first kappa shape index (κ1) is 15.0. The van der Waals surface area contributed by atoms with Gasteiger partial charge in [0.2, 0.25) is 0 Å². The smallest absolute Gasteiger partial charge is 0.0223 e. The molecule has 1 saturated carbocycles. The van der Waals surface area contributed by atoms with Crippen molar-refractivity contribution in [2.75, 3.05) is 20.1 Å². The molecule has 1 N–H and O–H groups in total. The average Bonchev–Trinajstić information content (AvgIpc) is 2.83. The number of rotatable bonds is 8. The van der Waals surface area contributed by atoms with Crippen molar-refractivity contribution in [1.29, 1.82) is 0 Å². The summed E-state index contributed by atoms with van der Waals surface area (Å²) in [6, 6.07) is 1.48. The van der Waals surface area contributed by atoms with E-state index in [-0.39, 0.29) is 0 Å². The molecule has 0 saturated heterocycles. The Morgan fingerprint density at radius 1 is 1.12 bits per heavy atom. The third-order valence-corrected chi connectivity index (χ3v) is 4.49. The summed E-state index contributed by atoms with van der Waals surface area (Å²) in [6.07, 6.45) is 8.32. The number of nitrogens with one attached hydrogen (secondary N) is 1. The summed E-state index contributed by atoms with van der Waals surface area (Å²) in [7, 11) is 2.30. The van der Waals surface area contributed by atoms with Crippen LogP contribution in [-0.4, -0.2) is 37.1 Å². The summed E-state index contributed by atoms with van der Waals surface area (Å²) in [6.45, 7) is 9.19. The second-order valence-electron chi connectivity index (χ2n) is 5.62. The largest absolute Gasteiger partial charge is 0.313 e. The van der Waals surface area contributed by atoms with Crippen LogP contribution in [0.25, 0.3) is 0 Å². The Bertz CT molecular complexity index is 183. The number of likely N-dealkylation sites (N-methyl/N-ethyl adjacent to an activating group) is 2. The molecule has 2 nitrogen and oxygen atoms in total. The van der Waals surface area contributed by atoms with Crippen LogP contribution in [0.15, 0.2) is 0 Å². The van der Waals surface area contributed by atoms with Crippen molar-refractivity contribution in [2.45, 2.75) is 71.4 Å². The van der Waals surface area contributed by atoms with E-state index in [0.717, 1.165) is 18.5 Å². The lowest BCUT2D eigenvalue weighted by atomic mass is 9.96. The van der Waals surface area contributed by atoms with E-state index in [1.807, 2.05) is 0 Å². The van der Waals surface area contributed by atoms with Crippen LogP contribution in [0.3, 0.4) is 0 Å². The summed E-state index contributed by atoms with van der Waals surface area (Å²) in [5, 5.41) is 3.72. The second-order valence-corrected chi connectivity index (χ2v) is 5.62. The minimum absolute atomic E-state index is 0.716. The molecule has 1 aliphatic carbocycles. The van der Waals surface area contributed by atoms with E-state index < -0.39 is 0 Å². The van der Waals surface area contributed by atoms with E-state index in [1.54, 1.807) is 0 Å². The van der Waals surface area contributed by atoms with Gasteiger partial charge in [-0.15, -0.1) is 0 Å². The zero-order valence-corrected chi connectivity index (χ0v) is 12.3. The molecule has 1 unspecified atom stereocenters. The molecule has 0 aliphatic heterocycles. The summed E-state index contributed by atoms with van der Waals surface area (Å²) in [5.74, 6) is 0.923. The van der Waals surface area contributed by atoms with E-state index in [0.29, 0.717) is 6.04 Å². The van der Waals surface area contributed by atoms with Crippen molar-refractivity contribution in [3.05, 3.63) is 0 Å². The highest BCUT2D eigenvalue weighted by Gasteiger charge is 2.26. The molecular formula is C15H32N2. The van der Waals surface area contributed by atoms with Gasteiger partial charge in [-0.3, -0.25) is 0 Å². The van der Waals surface area contributed by atoms with Crippen molar-refractivity contribution in [3.63, 3.8) is 0 Å². The highest BCUT2D eigenvalue weighted by atomic mass is 15.2. The predicted molar refractivity (Wildman–Crippen MR) is 76.4 cm³/mol. The molecule has 2 heteroatoms. The topological polar surface area (TPSA) is 15.3 Å². The van der Waals surface area contributed by atoms with Crippen LogP contribution in [-0.2, 0) is 0 Å². The predicted octanol–water partition coefficient (Wildman–Crippen LogP) is 3.28. The van der Waals surface area contributed by atoms with Gasteiger partial charge in [0, 0.05) is 18.6 Å². The average molecular weight is 240 g/mol. The van der Waals surface area contributed by atoms with Gasteiger partial charge >= 0.3 is 0 Å². The van der Waals surface area contributed by atoms with E-state index in [1.165, 1.54) is 45.1 Å². The van der Waals surface area contributed by atoms with Gasteiger partial charge in [0.05, 0.1) is 0 Å². The van der Waals surface area contributed by atoms with Gasteiger partial charge in [0.25, 0.3) is 0 Å². The summed E-state index contributed by atoms with van der Waals surface area (Å²) >= 11 is 0. The first-order chi connectivity index (χ1) is 8.22. The second kappa shape index (κ2) is 8.10. The van der Waals surface area contributed by atoms with Gasteiger partial charge in [-0.05, 0) is 45.2 Å². The number of hydrogen-bond acceptors (Lipinski definition) is 2. The van der Waals surface area contributed by atoms with Crippen molar-refractivity contribution >= 4 is 0 Å². The molecule has 0 aromatic heterocycles. The monoisotopic (exact) mass is 240 g/mol. The first-order valence-electron chi connectivity index (χ1n) is 7.66. The fourth-order valence-corrected chi connectivity index (χ4v) is 3.37. The highest BCUT2D eigenvalue weighted by molar-refractivity contribution is 4.83. The zero-order chi connectivity index (χ0) is 12.7. The van der Waals surface area contributed by atoms with Crippen molar-refractivity contribution in [2.24, 2.45) is 5.92 Å². The molecule has 1 fully saturated rings. The standard InChI is InChI=1S/C15H32N2/c1-5-14(6-2)17(4)12-15(16-7-3)13-10-8-9-11-13/h13-16H,5-12H2,1-4H3. The fraction of sp³-hybridized carbons (Fsp3) is 1.00. The fourth-order valence-electron chi connectivity index (χ4n) is 3.37. The molecule has 0 bridgehead atoms. The molecule has 1 rings (SSSR count). The minimum Gasteiger partial charge on any atom is -0.313 e. The quantitative estimate of drug-likeness (QED) is 0.700. The molecule has 0 radical (unpaired) electrons. The maximum absolute atomic E-state index is 3.72. The van der Waals surface area contributed by atoms with Crippen LogP contribution >= 0.6 is 0 Å². The highest BCUT2D eigenvalue weighted by Crippen LogP contribution is 2.28. The molecule has 102 valence electrons. The van der Waals surface area contributed by atoms with Crippen LogP contribution in [0, 0.1) is 5.92 Å². The van der Waals surface area contributed by atoms with Gasteiger partial charge in [-0.2, -0.15) is 0 Å². The minimum atomic E-state index is 0.716. The molecular weight excluding hydrogens is 208 g/mol. The number of hydrogen-bond donors (Lipinski definition) is 1. The SMILES string of the molecule is CCNC(CN(C)C(CC)CC)C1CCCC1. The van der Waals surface area contributed by atoms with Crippen LogP contribution in [0.4, 0.5) is 0 Å². The Kier molecular flexibility index (Phi) is 7.14. The maximum atomic E-state index is 3.72. The Morgan fingerprint density at radius 3 is 2.18 bits per heavy atom. The number of nitrogens with zero attached hydrogens (tertiary/aromatic N) is 1. The molecule has 0 aromatic rings. The maximum Gasteiger partial charge on any atom is 0.0223 e. The van der Waals surface area contributed by atoms with E-state index >= 15 is 0 Å². The molecule has 17 heavy (non-hydrogen) atoms. The zero-order valence-electron chi connectivity index (χ0n) is 12.3. The Labute approximate surface area is 108 Å². The molecule has 0 amide bonds. The Balaban J connectivity index is 2.46. The van der Waals surface area contributed by atoms with E-state index in [4.69, 9.17) is 0 Å². The van der Waals surface area contributed by atoms with Crippen molar-refractivity contribution in [3.8, 4) is 0 Å². The van der Waals surface area contributed by atoms with Crippen molar-refractivity contribution < 1.29 is 0 Å². The Morgan fingerprint density at radius 2 is 1.71 bits per heavy atom. The Hall–Kier alpha value is -0.0800. The molecule has 0 heterocycles. The first-order valence-corrected chi connectivity index (χ1v) is 7.66. The van der Waals surface area contributed by atoms with Gasteiger partial charge in [0.1, 0.15) is 0 Å². The normalized spacial score (nSPS) is 19.4. The van der Waals surface area contributed by atoms with Crippen LogP contribution in [0.1, 0.15) is 59.3 Å². The molecule has 1 atom stereocenters. The summed E-state index contributed by atoms with van der Waals surface area (Å²) < 4.78 is 0. The summed E-state index contributed by atoms with van der Waals surface area (Å²) in [5.41, 5.74) is 0. The van der Waals surface area contributed by atoms with E-state index in [9.17, 15) is 0 Å². The van der Waals surface area contributed by atoms with Crippen LogP contribution in [0.5, 0.6) is 0 Å². The third kappa shape index (κ3) is 4.59. The lowest BCUT2D eigenvalue weighted by Gasteiger charge is -2.33. The van der Waals surface area contributed by atoms with Gasteiger partial charge in [-0.25, -0.2) is 0 Å². The van der Waals surface area contributed by atoms with Crippen LogP contribution in [0.2, 0.25) is 0 Å². The van der Waals surface area contributed by atoms with Gasteiger partial charge in [0.15, 0.2) is 0 Å². The van der Waals surface area contributed by atoms with Crippen molar-refractivity contribution in [1.82, 2.24) is 10.2 Å². The van der Waals surface area contributed by atoms with Crippen LogP contribution < -0.4 is 5.32 Å². The molecule has 0 spiro atoms. The third-order valence-electron chi connectivity index (χ3n) is 4.49. The molecule has 0 aromatic carbocycles.